The summed E-state index contributed by atoms with van der Waals surface area (Å²) >= 11 is 0. The van der Waals surface area contributed by atoms with Gasteiger partial charge in [0, 0.05) is 44.2 Å². The molecular formula is C22H26N2O2. The lowest BCUT2D eigenvalue weighted by Gasteiger charge is -2.35. The van der Waals surface area contributed by atoms with Gasteiger partial charge in [-0.3, -0.25) is 9.69 Å². The molecule has 0 aromatic heterocycles. The lowest BCUT2D eigenvalue weighted by atomic mass is 9.96. The van der Waals surface area contributed by atoms with E-state index in [2.05, 4.69) is 49.1 Å². The number of nitrogens with zero attached hydrogens (tertiary/aromatic N) is 2. The largest absolute Gasteiger partial charge is 0.489 e. The number of carbonyl (C=O) groups is 1. The van der Waals surface area contributed by atoms with Gasteiger partial charge in [-0.05, 0) is 18.6 Å². The van der Waals surface area contributed by atoms with Gasteiger partial charge in [-0.25, -0.2) is 0 Å². The van der Waals surface area contributed by atoms with Crippen molar-refractivity contribution in [1.29, 1.82) is 0 Å². The highest BCUT2D eigenvalue weighted by molar-refractivity contribution is 5.97. The van der Waals surface area contributed by atoms with E-state index in [1.165, 1.54) is 5.56 Å². The van der Waals surface area contributed by atoms with Gasteiger partial charge in [0.25, 0.3) is 5.91 Å². The number of hydrogen-bond acceptors (Lipinski definition) is 3. The molecule has 0 spiro atoms. The van der Waals surface area contributed by atoms with E-state index in [1.54, 1.807) is 0 Å². The lowest BCUT2D eigenvalue weighted by Crippen LogP contribution is -2.48. The van der Waals surface area contributed by atoms with Crippen LogP contribution in [0.25, 0.3) is 0 Å². The van der Waals surface area contributed by atoms with Crippen molar-refractivity contribution < 1.29 is 9.53 Å². The summed E-state index contributed by atoms with van der Waals surface area (Å²) in [5.74, 6) is 1.23. The summed E-state index contributed by atoms with van der Waals surface area (Å²) in [6.07, 6.45) is 0.127. The number of amides is 1. The first-order valence-corrected chi connectivity index (χ1v) is 9.48. The number of para-hydroxylation sites is 1. The van der Waals surface area contributed by atoms with Crippen molar-refractivity contribution in [2.45, 2.75) is 32.4 Å². The lowest BCUT2D eigenvalue weighted by molar-refractivity contribution is 0.0623. The molecule has 2 heterocycles. The van der Waals surface area contributed by atoms with Crippen molar-refractivity contribution in [3.63, 3.8) is 0 Å². The second-order valence-corrected chi connectivity index (χ2v) is 7.39. The molecule has 2 aliphatic heterocycles. The highest BCUT2D eigenvalue weighted by Crippen LogP contribution is 2.40. The quantitative estimate of drug-likeness (QED) is 0.849. The SMILES string of the molecule is CC1Oc2c(C(=O)N3CCN(Cc4ccccc4)CC3)cccc2C1C. The number of fused-ring (bicyclic) bond motifs is 1. The van der Waals surface area contributed by atoms with Crippen molar-refractivity contribution in [2.24, 2.45) is 0 Å². The summed E-state index contributed by atoms with van der Waals surface area (Å²) in [5.41, 5.74) is 3.20. The highest BCUT2D eigenvalue weighted by atomic mass is 16.5. The second-order valence-electron chi connectivity index (χ2n) is 7.39. The average Bonchev–Trinajstić information content (AvgIpc) is 2.97. The van der Waals surface area contributed by atoms with E-state index in [0.29, 0.717) is 5.92 Å². The maximum absolute atomic E-state index is 13.1. The normalized spacial score (nSPS) is 22.8. The van der Waals surface area contributed by atoms with E-state index >= 15 is 0 Å². The van der Waals surface area contributed by atoms with Crippen LogP contribution in [-0.4, -0.2) is 48.0 Å². The number of rotatable bonds is 3. The van der Waals surface area contributed by atoms with E-state index in [-0.39, 0.29) is 12.0 Å². The van der Waals surface area contributed by atoms with Gasteiger partial charge in [-0.1, -0.05) is 49.4 Å². The Morgan fingerprint density at radius 1 is 1.00 bits per heavy atom. The molecule has 2 aliphatic rings. The zero-order chi connectivity index (χ0) is 18.1. The number of carbonyl (C=O) groups excluding carboxylic acids is 1. The smallest absolute Gasteiger partial charge is 0.257 e. The van der Waals surface area contributed by atoms with Crippen LogP contribution in [0.3, 0.4) is 0 Å². The molecule has 4 rings (SSSR count). The highest BCUT2D eigenvalue weighted by Gasteiger charge is 2.33. The Bertz CT molecular complexity index is 782. The summed E-state index contributed by atoms with van der Waals surface area (Å²) in [5, 5.41) is 0. The molecule has 136 valence electrons. The van der Waals surface area contributed by atoms with Crippen molar-refractivity contribution in [1.82, 2.24) is 9.80 Å². The Balaban J connectivity index is 1.42. The van der Waals surface area contributed by atoms with Gasteiger partial charge in [0.2, 0.25) is 0 Å². The van der Waals surface area contributed by atoms with Gasteiger partial charge in [0.1, 0.15) is 11.9 Å². The Morgan fingerprint density at radius 3 is 2.46 bits per heavy atom. The molecule has 1 amide bonds. The van der Waals surface area contributed by atoms with Gasteiger partial charge in [-0.15, -0.1) is 0 Å². The number of piperazine rings is 1. The molecule has 2 atom stereocenters. The van der Waals surface area contributed by atoms with Crippen LogP contribution in [0.1, 0.15) is 41.3 Å². The zero-order valence-corrected chi connectivity index (χ0v) is 15.5. The Kier molecular flexibility index (Phi) is 4.68. The minimum atomic E-state index is 0.0995. The first-order chi connectivity index (χ1) is 12.6. The van der Waals surface area contributed by atoms with Gasteiger partial charge >= 0.3 is 0 Å². The second kappa shape index (κ2) is 7.12. The third kappa shape index (κ3) is 3.21. The zero-order valence-electron chi connectivity index (χ0n) is 15.5. The standard InChI is InChI=1S/C22H26N2O2/c1-16-17(2)26-21-19(16)9-6-10-20(21)22(25)24-13-11-23(12-14-24)15-18-7-4-3-5-8-18/h3-10,16-17H,11-15H2,1-2H3. The Morgan fingerprint density at radius 2 is 1.73 bits per heavy atom. The molecular weight excluding hydrogens is 324 g/mol. The van der Waals surface area contributed by atoms with E-state index in [0.717, 1.165) is 49.6 Å². The summed E-state index contributed by atoms with van der Waals surface area (Å²) in [4.78, 5) is 17.4. The number of hydrogen-bond donors (Lipinski definition) is 0. The molecule has 0 saturated carbocycles. The first kappa shape index (κ1) is 17.1. The summed E-state index contributed by atoms with van der Waals surface area (Å²) in [6, 6.07) is 16.5. The maximum Gasteiger partial charge on any atom is 0.257 e. The van der Waals surface area contributed by atoms with E-state index < -0.39 is 0 Å². The van der Waals surface area contributed by atoms with Crippen LogP contribution < -0.4 is 4.74 Å². The minimum Gasteiger partial charge on any atom is -0.489 e. The van der Waals surface area contributed by atoms with Crippen molar-refractivity contribution >= 4 is 5.91 Å². The third-order valence-electron chi connectivity index (χ3n) is 5.68. The number of benzene rings is 2. The molecule has 2 aromatic carbocycles. The molecule has 26 heavy (non-hydrogen) atoms. The fourth-order valence-electron chi connectivity index (χ4n) is 3.88. The van der Waals surface area contributed by atoms with Crippen LogP contribution in [0.15, 0.2) is 48.5 Å². The fourth-order valence-corrected chi connectivity index (χ4v) is 3.88. The summed E-state index contributed by atoms with van der Waals surface area (Å²) < 4.78 is 6.00. The summed E-state index contributed by atoms with van der Waals surface area (Å²) in [7, 11) is 0. The maximum atomic E-state index is 13.1. The predicted octanol–water partition coefficient (Wildman–Crippen LogP) is 3.53. The molecule has 1 saturated heterocycles. The Hall–Kier alpha value is -2.33. The van der Waals surface area contributed by atoms with Crippen LogP contribution in [0, 0.1) is 0 Å². The van der Waals surface area contributed by atoms with Crippen LogP contribution in [0.4, 0.5) is 0 Å². The molecule has 0 bridgehead atoms. The molecule has 0 aliphatic carbocycles. The molecule has 0 N–H and O–H groups in total. The summed E-state index contributed by atoms with van der Waals surface area (Å²) in [6.45, 7) is 8.52. The van der Waals surface area contributed by atoms with Crippen molar-refractivity contribution in [3.05, 3.63) is 65.2 Å². The van der Waals surface area contributed by atoms with E-state index in [9.17, 15) is 4.79 Å². The van der Waals surface area contributed by atoms with E-state index in [4.69, 9.17) is 4.74 Å². The van der Waals surface area contributed by atoms with E-state index in [1.807, 2.05) is 23.1 Å². The molecule has 1 fully saturated rings. The van der Waals surface area contributed by atoms with Crippen LogP contribution in [-0.2, 0) is 6.54 Å². The van der Waals surface area contributed by atoms with Crippen LogP contribution in [0.5, 0.6) is 5.75 Å². The minimum absolute atomic E-state index is 0.0995. The monoisotopic (exact) mass is 350 g/mol. The van der Waals surface area contributed by atoms with Crippen molar-refractivity contribution in [2.75, 3.05) is 26.2 Å². The number of ether oxygens (including phenoxy) is 1. The molecule has 0 radical (unpaired) electrons. The fraction of sp³-hybridized carbons (Fsp3) is 0.409. The van der Waals surface area contributed by atoms with Crippen molar-refractivity contribution in [3.8, 4) is 5.75 Å². The third-order valence-corrected chi connectivity index (χ3v) is 5.68. The van der Waals surface area contributed by atoms with Gasteiger partial charge in [0.05, 0.1) is 5.56 Å². The molecule has 4 nitrogen and oxygen atoms in total. The van der Waals surface area contributed by atoms with Gasteiger partial charge < -0.3 is 9.64 Å². The predicted molar refractivity (Wildman–Crippen MR) is 103 cm³/mol. The van der Waals surface area contributed by atoms with Gasteiger partial charge in [-0.2, -0.15) is 0 Å². The Labute approximate surface area is 155 Å². The van der Waals surface area contributed by atoms with Gasteiger partial charge in [0.15, 0.2) is 0 Å². The average molecular weight is 350 g/mol. The van der Waals surface area contributed by atoms with Crippen LogP contribution >= 0.6 is 0 Å². The molecule has 4 heteroatoms. The molecule has 2 unspecified atom stereocenters. The molecule has 2 aromatic rings. The topological polar surface area (TPSA) is 32.8 Å². The van der Waals surface area contributed by atoms with Crippen LogP contribution in [0.2, 0.25) is 0 Å². The first-order valence-electron chi connectivity index (χ1n) is 9.48.